The maximum Gasteiger partial charge on any atom is 0.242 e. The van der Waals surface area contributed by atoms with Crippen molar-refractivity contribution in [3.8, 4) is 0 Å². The first-order chi connectivity index (χ1) is 11.6. The molecular formula is C19H31Cl2N3O2. The number of morpholine rings is 1. The molecule has 0 spiro atoms. The summed E-state index contributed by atoms with van der Waals surface area (Å²) in [5.74, 6) is 0.0824. The van der Waals surface area contributed by atoms with E-state index in [-0.39, 0.29) is 30.7 Å². The van der Waals surface area contributed by atoms with Gasteiger partial charge in [0.15, 0.2) is 0 Å². The lowest BCUT2D eigenvalue weighted by Gasteiger charge is -2.36. The van der Waals surface area contributed by atoms with Crippen LogP contribution in [-0.4, -0.2) is 49.7 Å². The predicted octanol–water partition coefficient (Wildman–Crippen LogP) is 2.99. The number of amides is 1. The minimum absolute atomic E-state index is 0. The number of para-hydroxylation sites is 1. The summed E-state index contributed by atoms with van der Waals surface area (Å²) in [6, 6.07) is 8.34. The van der Waals surface area contributed by atoms with E-state index in [9.17, 15) is 4.79 Å². The molecule has 1 saturated heterocycles. The molecule has 2 aliphatic rings. The van der Waals surface area contributed by atoms with Gasteiger partial charge in [-0.3, -0.25) is 4.79 Å². The molecule has 1 aromatic carbocycles. The first kappa shape index (κ1) is 23.0. The SMILES string of the molecule is CN(Cc1ccccc1N1CCOCC1)C(=O)C1(N)CCCCC1.Cl.Cl. The van der Waals surface area contributed by atoms with E-state index < -0.39 is 5.54 Å². The molecule has 1 heterocycles. The molecular weight excluding hydrogens is 373 g/mol. The van der Waals surface area contributed by atoms with Gasteiger partial charge in [0, 0.05) is 32.4 Å². The predicted molar refractivity (Wildman–Crippen MR) is 110 cm³/mol. The summed E-state index contributed by atoms with van der Waals surface area (Å²) in [5.41, 5.74) is 8.13. The summed E-state index contributed by atoms with van der Waals surface area (Å²) in [7, 11) is 1.88. The van der Waals surface area contributed by atoms with Crippen LogP contribution in [-0.2, 0) is 16.1 Å². The average Bonchev–Trinajstić information content (AvgIpc) is 2.63. The largest absolute Gasteiger partial charge is 0.378 e. The monoisotopic (exact) mass is 403 g/mol. The molecule has 1 aliphatic heterocycles. The van der Waals surface area contributed by atoms with Crippen LogP contribution in [0.5, 0.6) is 0 Å². The Morgan fingerprint density at radius 3 is 2.42 bits per heavy atom. The quantitative estimate of drug-likeness (QED) is 0.838. The molecule has 0 aromatic heterocycles. The van der Waals surface area contributed by atoms with Crippen molar-refractivity contribution in [1.82, 2.24) is 4.90 Å². The third-order valence-corrected chi connectivity index (χ3v) is 5.27. The van der Waals surface area contributed by atoms with Crippen LogP contribution in [0.4, 0.5) is 5.69 Å². The fraction of sp³-hybridized carbons (Fsp3) is 0.632. The second kappa shape index (κ2) is 10.4. The van der Waals surface area contributed by atoms with E-state index in [1.807, 2.05) is 18.0 Å². The number of nitrogens with two attached hydrogens (primary N) is 1. The van der Waals surface area contributed by atoms with Gasteiger partial charge in [-0.2, -0.15) is 0 Å². The molecule has 1 aliphatic carbocycles. The van der Waals surface area contributed by atoms with Gasteiger partial charge in [0.1, 0.15) is 0 Å². The van der Waals surface area contributed by atoms with E-state index in [0.29, 0.717) is 6.54 Å². The molecule has 2 N–H and O–H groups in total. The van der Waals surface area contributed by atoms with Crippen molar-refractivity contribution in [3.63, 3.8) is 0 Å². The van der Waals surface area contributed by atoms with Crippen LogP contribution in [0.1, 0.15) is 37.7 Å². The zero-order valence-electron chi connectivity index (χ0n) is 15.5. The molecule has 0 bridgehead atoms. The lowest BCUT2D eigenvalue weighted by atomic mass is 9.81. The number of hydrogen-bond donors (Lipinski definition) is 1. The van der Waals surface area contributed by atoms with Crippen molar-refractivity contribution in [2.75, 3.05) is 38.3 Å². The summed E-state index contributed by atoms with van der Waals surface area (Å²) in [4.78, 5) is 17.0. The van der Waals surface area contributed by atoms with Crippen molar-refractivity contribution in [3.05, 3.63) is 29.8 Å². The summed E-state index contributed by atoms with van der Waals surface area (Å²) in [6.07, 6.45) is 4.92. The number of anilines is 1. The number of likely N-dealkylation sites (N-methyl/N-ethyl adjacent to an activating group) is 1. The Bertz CT molecular complexity index is 574. The van der Waals surface area contributed by atoms with E-state index in [0.717, 1.165) is 52.0 Å². The number of carbonyl (C=O) groups is 1. The Kier molecular flexibility index (Phi) is 9.17. The van der Waals surface area contributed by atoms with Crippen LogP contribution in [0.25, 0.3) is 0 Å². The number of ether oxygens (including phenoxy) is 1. The molecule has 0 atom stereocenters. The highest BCUT2D eigenvalue weighted by Gasteiger charge is 2.37. The van der Waals surface area contributed by atoms with Gasteiger partial charge >= 0.3 is 0 Å². The van der Waals surface area contributed by atoms with Crippen LogP contribution < -0.4 is 10.6 Å². The Hall–Kier alpha value is -1.01. The second-order valence-electron chi connectivity index (χ2n) is 7.11. The van der Waals surface area contributed by atoms with Crippen LogP contribution in [0.15, 0.2) is 24.3 Å². The van der Waals surface area contributed by atoms with Gasteiger partial charge in [0.25, 0.3) is 0 Å². The number of nitrogens with zero attached hydrogens (tertiary/aromatic N) is 2. The number of hydrogen-bond acceptors (Lipinski definition) is 4. The molecule has 26 heavy (non-hydrogen) atoms. The minimum Gasteiger partial charge on any atom is -0.378 e. The molecule has 148 valence electrons. The highest BCUT2D eigenvalue weighted by molar-refractivity contribution is 5.86. The van der Waals surface area contributed by atoms with Gasteiger partial charge in [-0.1, -0.05) is 37.5 Å². The van der Waals surface area contributed by atoms with Gasteiger partial charge in [0.2, 0.25) is 5.91 Å². The zero-order chi connectivity index (χ0) is 17.0. The van der Waals surface area contributed by atoms with Gasteiger partial charge < -0.3 is 20.3 Å². The summed E-state index contributed by atoms with van der Waals surface area (Å²) < 4.78 is 5.45. The summed E-state index contributed by atoms with van der Waals surface area (Å²) in [6.45, 7) is 3.92. The van der Waals surface area contributed by atoms with Crippen molar-refractivity contribution in [2.24, 2.45) is 5.73 Å². The zero-order valence-corrected chi connectivity index (χ0v) is 17.1. The first-order valence-corrected chi connectivity index (χ1v) is 9.05. The minimum atomic E-state index is -0.666. The fourth-order valence-corrected chi connectivity index (χ4v) is 3.86. The summed E-state index contributed by atoms with van der Waals surface area (Å²) in [5, 5.41) is 0. The van der Waals surface area contributed by atoms with Crippen LogP contribution in [0.3, 0.4) is 0 Å². The van der Waals surface area contributed by atoms with E-state index in [4.69, 9.17) is 10.5 Å². The fourth-order valence-electron chi connectivity index (χ4n) is 3.86. The molecule has 7 heteroatoms. The molecule has 0 radical (unpaired) electrons. The maximum atomic E-state index is 12.9. The Balaban J connectivity index is 0.00000169. The Morgan fingerprint density at radius 1 is 1.15 bits per heavy atom. The maximum absolute atomic E-state index is 12.9. The molecule has 1 amide bonds. The molecule has 1 aromatic rings. The van der Waals surface area contributed by atoms with Crippen molar-refractivity contribution < 1.29 is 9.53 Å². The lowest BCUT2D eigenvalue weighted by Crippen LogP contribution is -2.55. The number of carbonyl (C=O) groups excluding carboxylic acids is 1. The smallest absolute Gasteiger partial charge is 0.242 e. The van der Waals surface area contributed by atoms with Crippen LogP contribution >= 0.6 is 24.8 Å². The normalized spacial score (nSPS) is 19.1. The molecule has 3 rings (SSSR count). The van der Waals surface area contributed by atoms with Crippen molar-refractivity contribution in [1.29, 1.82) is 0 Å². The van der Waals surface area contributed by atoms with E-state index in [2.05, 4.69) is 23.1 Å². The molecule has 1 saturated carbocycles. The highest BCUT2D eigenvalue weighted by atomic mass is 35.5. The molecule has 5 nitrogen and oxygen atoms in total. The van der Waals surface area contributed by atoms with E-state index in [1.165, 1.54) is 17.7 Å². The van der Waals surface area contributed by atoms with Gasteiger partial charge in [-0.15, -0.1) is 24.8 Å². The van der Waals surface area contributed by atoms with Gasteiger partial charge in [-0.25, -0.2) is 0 Å². The Labute approximate surface area is 169 Å². The molecule has 0 unspecified atom stereocenters. The number of benzene rings is 1. The standard InChI is InChI=1S/C19H29N3O2.2ClH/c1-21(18(23)19(20)9-5-2-6-10-19)15-16-7-3-4-8-17(16)22-11-13-24-14-12-22;;/h3-4,7-8H,2,5-6,9-15,20H2,1H3;2*1H. The van der Waals surface area contributed by atoms with Crippen LogP contribution in [0, 0.1) is 0 Å². The third kappa shape index (κ3) is 5.26. The van der Waals surface area contributed by atoms with Gasteiger partial charge in [0.05, 0.1) is 18.8 Å². The second-order valence-corrected chi connectivity index (χ2v) is 7.11. The highest BCUT2D eigenvalue weighted by Crippen LogP contribution is 2.29. The number of halogens is 2. The van der Waals surface area contributed by atoms with E-state index in [1.54, 1.807) is 0 Å². The lowest BCUT2D eigenvalue weighted by molar-refractivity contribution is -0.137. The summed E-state index contributed by atoms with van der Waals surface area (Å²) >= 11 is 0. The third-order valence-electron chi connectivity index (χ3n) is 5.27. The number of rotatable bonds is 4. The average molecular weight is 404 g/mol. The topological polar surface area (TPSA) is 58.8 Å². The van der Waals surface area contributed by atoms with Crippen molar-refractivity contribution >= 4 is 36.4 Å². The Morgan fingerprint density at radius 2 is 1.77 bits per heavy atom. The van der Waals surface area contributed by atoms with Crippen molar-refractivity contribution in [2.45, 2.75) is 44.2 Å². The van der Waals surface area contributed by atoms with Crippen LogP contribution in [0.2, 0.25) is 0 Å². The first-order valence-electron chi connectivity index (χ1n) is 9.05. The van der Waals surface area contributed by atoms with E-state index >= 15 is 0 Å². The van der Waals surface area contributed by atoms with Gasteiger partial charge in [-0.05, 0) is 24.5 Å². The molecule has 2 fully saturated rings.